The number of nitriles is 1. The van der Waals surface area contributed by atoms with Gasteiger partial charge in [-0.2, -0.15) is 23.5 Å². The Kier molecular flexibility index (Phi) is 7.71. The van der Waals surface area contributed by atoms with Crippen molar-refractivity contribution in [2.45, 2.75) is 19.6 Å². The molecule has 0 spiro atoms. The van der Waals surface area contributed by atoms with Crippen molar-refractivity contribution in [1.29, 1.82) is 5.26 Å². The lowest BCUT2D eigenvalue weighted by Crippen LogP contribution is -2.30. The van der Waals surface area contributed by atoms with Gasteiger partial charge >= 0.3 is 12.1 Å². The molecule has 2 aromatic carbocycles. The van der Waals surface area contributed by atoms with Crippen LogP contribution in [0.4, 0.5) is 13.2 Å². The van der Waals surface area contributed by atoms with Crippen molar-refractivity contribution >= 4 is 11.9 Å². The van der Waals surface area contributed by atoms with Crippen LogP contribution in [0.25, 0.3) is 5.69 Å². The molecular formula is C25H21F3N4O3. The first-order chi connectivity index (χ1) is 16.7. The number of rotatable bonds is 8. The smallest absolute Gasteiger partial charge is 0.434 e. The van der Waals surface area contributed by atoms with Gasteiger partial charge in [-0.1, -0.05) is 18.2 Å². The first-order valence-electron chi connectivity index (χ1n) is 10.5. The number of halogens is 3. The van der Waals surface area contributed by atoms with Gasteiger partial charge in [-0.15, -0.1) is 6.58 Å². The lowest BCUT2D eigenvalue weighted by Gasteiger charge is -2.21. The summed E-state index contributed by atoms with van der Waals surface area (Å²) in [5.41, 5.74) is -0.395. The molecule has 0 saturated heterocycles. The molecule has 0 fully saturated rings. The van der Waals surface area contributed by atoms with Crippen LogP contribution in [0.15, 0.2) is 67.4 Å². The standard InChI is InChI=1S/C25H21F3N4O3/c1-3-13-31(16-18-7-5-17(14-29)6-8-18)23(33)19-9-11-20(12-10-19)32-22(25(26,27)28)21(15-30-32)24(34)35-4-2/h3,5-12,15H,1,4,13,16H2,2H3. The van der Waals surface area contributed by atoms with Gasteiger partial charge < -0.3 is 9.64 Å². The molecule has 1 amide bonds. The van der Waals surface area contributed by atoms with Crippen LogP contribution >= 0.6 is 0 Å². The Morgan fingerprint density at radius 2 is 1.83 bits per heavy atom. The van der Waals surface area contributed by atoms with Crippen molar-refractivity contribution < 1.29 is 27.5 Å². The highest BCUT2D eigenvalue weighted by Gasteiger charge is 2.41. The summed E-state index contributed by atoms with van der Waals surface area (Å²) in [6, 6.07) is 14.2. The maximum atomic E-state index is 13.7. The van der Waals surface area contributed by atoms with Gasteiger partial charge in [0.15, 0.2) is 5.69 Å². The molecule has 0 N–H and O–H groups in total. The Hall–Kier alpha value is -4.39. The van der Waals surface area contributed by atoms with Crippen LogP contribution < -0.4 is 0 Å². The molecule has 10 heteroatoms. The molecule has 0 unspecified atom stereocenters. The number of hydrogen-bond donors (Lipinski definition) is 0. The van der Waals surface area contributed by atoms with Gasteiger partial charge in [0.05, 0.1) is 30.1 Å². The van der Waals surface area contributed by atoms with E-state index in [0.29, 0.717) is 10.2 Å². The average Bonchev–Trinajstić information content (AvgIpc) is 3.30. The second-order valence-electron chi connectivity index (χ2n) is 7.37. The molecule has 0 radical (unpaired) electrons. The predicted molar refractivity (Wildman–Crippen MR) is 121 cm³/mol. The molecule has 7 nitrogen and oxygen atoms in total. The van der Waals surface area contributed by atoms with Crippen LogP contribution in [-0.4, -0.2) is 39.7 Å². The molecule has 0 aliphatic carbocycles. The van der Waals surface area contributed by atoms with Gasteiger partial charge in [0.1, 0.15) is 5.56 Å². The summed E-state index contributed by atoms with van der Waals surface area (Å²) >= 11 is 0. The molecule has 0 saturated carbocycles. The van der Waals surface area contributed by atoms with E-state index in [1.807, 2.05) is 6.07 Å². The molecule has 0 atom stereocenters. The average molecular weight is 482 g/mol. The quantitative estimate of drug-likeness (QED) is 0.341. The molecule has 180 valence electrons. The molecule has 1 heterocycles. The third-order valence-electron chi connectivity index (χ3n) is 4.99. The monoisotopic (exact) mass is 482 g/mol. The summed E-state index contributed by atoms with van der Waals surface area (Å²) < 4.78 is 46.5. The van der Waals surface area contributed by atoms with Gasteiger partial charge in [0.25, 0.3) is 5.91 Å². The van der Waals surface area contributed by atoms with Crippen LogP contribution in [0.2, 0.25) is 0 Å². The maximum Gasteiger partial charge on any atom is 0.434 e. The fraction of sp³-hybridized carbons (Fsp3) is 0.200. The molecule has 35 heavy (non-hydrogen) atoms. The lowest BCUT2D eigenvalue weighted by molar-refractivity contribution is -0.143. The normalized spacial score (nSPS) is 10.9. The van der Waals surface area contributed by atoms with Gasteiger partial charge in [-0.05, 0) is 48.9 Å². The summed E-state index contributed by atoms with van der Waals surface area (Å²) in [6.07, 6.45) is -2.50. The number of esters is 1. The highest BCUT2D eigenvalue weighted by Crippen LogP contribution is 2.34. The van der Waals surface area contributed by atoms with E-state index in [2.05, 4.69) is 11.7 Å². The molecule has 3 rings (SSSR count). The number of ether oxygens (including phenoxy) is 1. The molecule has 1 aromatic heterocycles. The van der Waals surface area contributed by atoms with Crippen molar-refractivity contribution in [3.05, 3.63) is 95.3 Å². The van der Waals surface area contributed by atoms with E-state index in [1.54, 1.807) is 30.3 Å². The minimum Gasteiger partial charge on any atom is -0.462 e. The van der Waals surface area contributed by atoms with Crippen molar-refractivity contribution in [3.8, 4) is 11.8 Å². The minimum absolute atomic E-state index is 0.0202. The van der Waals surface area contributed by atoms with E-state index in [-0.39, 0.29) is 36.9 Å². The maximum absolute atomic E-state index is 13.7. The zero-order chi connectivity index (χ0) is 25.6. The van der Waals surface area contributed by atoms with Gasteiger partial charge in [-0.3, -0.25) is 4.79 Å². The van der Waals surface area contributed by atoms with Crippen molar-refractivity contribution in [2.75, 3.05) is 13.2 Å². The third-order valence-corrected chi connectivity index (χ3v) is 4.99. The zero-order valence-electron chi connectivity index (χ0n) is 18.7. The van der Waals surface area contributed by atoms with Crippen LogP contribution in [0.5, 0.6) is 0 Å². The van der Waals surface area contributed by atoms with E-state index in [1.165, 1.54) is 36.1 Å². The van der Waals surface area contributed by atoms with E-state index in [0.717, 1.165) is 11.8 Å². The summed E-state index contributed by atoms with van der Waals surface area (Å²) in [5, 5.41) is 12.7. The van der Waals surface area contributed by atoms with Crippen molar-refractivity contribution in [2.24, 2.45) is 0 Å². The Morgan fingerprint density at radius 1 is 1.17 bits per heavy atom. The number of hydrogen-bond acceptors (Lipinski definition) is 5. The zero-order valence-corrected chi connectivity index (χ0v) is 18.7. The van der Waals surface area contributed by atoms with E-state index in [4.69, 9.17) is 10.00 Å². The number of alkyl halides is 3. The highest BCUT2D eigenvalue weighted by atomic mass is 19.4. The second kappa shape index (κ2) is 10.7. The summed E-state index contributed by atoms with van der Waals surface area (Å²) in [6.45, 7) is 5.56. The number of benzene rings is 2. The van der Waals surface area contributed by atoms with Crippen LogP contribution in [0.3, 0.4) is 0 Å². The van der Waals surface area contributed by atoms with E-state index in [9.17, 15) is 22.8 Å². The number of carbonyl (C=O) groups excluding carboxylic acids is 2. The first-order valence-corrected chi connectivity index (χ1v) is 10.5. The fourth-order valence-electron chi connectivity index (χ4n) is 3.38. The van der Waals surface area contributed by atoms with Gasteiger partial charge in [-0.25, -0.2) is 9.48 Å². The van der Waals surface area contributed by atoms with Crippen molar-refractivity contribution in [1.82, 2.24) is 14.7 Å². The minimum atomic E-state index is -4.87. The highest BCUT2D eigenvalue weighted by molar-refractivity contribution is 5.94. The number of carbonyl (C=O) groups is 2. The van der Waals surface area contributed by atoms with Gasteiger partial charge in [0.2, 0.25) is 0 Å². The van der Waals surface area contributed by atoms with E-state index >= 15 is 0 Å². The van der Waals surface area contributed by atoms with Crippen LogP contribution in [0, 0.1) is 11.3 Å². The molecule has 0 bridgehead atoms. The Bertz CT molecular complexity index is 1260. The third kappa shape index (κ3) is 5.76. The topological polar surface area (TPSA) is 88.2 Å². The number of nitrogens with zero attached hydrogens (tertiary/aromatic N) is 4. The fourth-order valence-corrected chi connectivity index (χ4v) is 3.38. The van der Waals surface area contributed by atoms with Gasteiger partial charge in [0, 0.05) is 18.7 Å². The summed E-state index contributed by atoms with van der Waals surface area (Å²) in [7, 11) is 0. The molecular weight excluding hydrogens is 461 g/mol. The Morgan fingerprint density at radius 3 is 2.37 bits per heavy atom. The number of amides is 1. The Balaban J connectivity index is 1.88. The lowest BCUT2D eigenvalue weighted by atomic mass is 10.1. The van der Waals surface area contributed by atoms with Crippen LogP contribution in [0.1, 0.15) is 44.5 Å². The SMILES string of the molecule is C=CCN(Cc1ccc(C#N)cc1)C(=O)c1ccc(-n2ncc(C(=O)OCC)c2C(F)(F)F)cc1. The Labute approximate surface area is 199 Å². The van der Waals surface area contributed by atoms with Crippen molar-refractivity contribution in [3.63, 3.8) is 0 Å². The second-order valence-corrected chi connectivity index (χ2v) is 7.37. The molecule has 0 aliphatic rings. The number of aromatic nitrogens is 2. The predicted octanol–water partition coefficient (Wildman–Crippen LogP) is 4.77. The largest absolute Gasteiger partial charge is 0.462 e. The summed E-state index contributed by atoms with van der Waals surface area (Å²) in [5.74, 6) is -1.48. The molecule has 3 aromatic rings. The first kappa shape index (κ1) is 25.2. The van der Waals surface area contributed by atoms with Crippen LogP contribution in [-0.2, 0) is 17.5 Å². The molecule has 0 aliphatic heterocycles. The summed E-state index contributed by atoms with van der Waals surface area (Å²) in [4.78, 5) is 26.5. The van der Waals surface area contributed by atoms with E-state index < -0.39 is 23.4 Å².